The van der Waals surface area contributed by atoms with Gasteiger partial charge in [0.25, 0.3) is 0 Å². The fourth-order valence-electron chi connectivity index (χ4n) is 3.11. The van der Waals surface area contributed by atoms with Gasteiger partial charge in [0.15, 0.2) is 0 Å². The predicted octanol–water partition coefficient (Wildman–Crippen LogP) is 1.95. The van der Waals surface area contributed by atoms with E-state index in [1.165, 1.54) is 12.4 Å². The molecule has 1 atom stereocenters. The topological polar surface area (TPSA) is 60.6 Å². The van der Waals surface area contributed by atoms with Crippen molar-refractivity contribution < 1.29 is 13.2 Å². The van der Waals surface area contributed by atoms with Gasteiger partial charge in [0.2, 0.25) is 0 Å². The van der Waals surface area contributed by atoms with Crippen molar-refractivity contribution in [1.29, 1.82) is 0 Å². The van der Waals surface area contributed by atoms with Gasteiger partial charge in [0.05, 0.1) is 6.54 Å². The summed E-state index contributed by atoms with van der Waals surface area (Å²) in [4.78, 5) is 4.01. The van der Waals surface area contributed by atoms with Gasteiger partial charge in [-0.2, -0.15) is 13.2 Å². The van der Waals surface area contributed by atoms with Crippen LogP contribution in [0.1, 0.15) is 30.8 Å². The number of nitrogens with zero attached hydrogens (tertiary/aromatic N) is 5. The molecule has 0 aromatic carbocycles. The van der Waals surface area contributed by atoms with Crippen LogP contribution in [0.4, 0.5) is 13.2 Å². The molecule has 6 nitrogen and oxygen atoms in total. The first kappa shape index (κ1) is 16.9. The number of halogens is 3. The van der Waals surface area contributed by atoms with Gasteiger partial charge >= 0.3 is 6.18 Å². The van der Waals surface area contributed by atoms with Crippen molar-refractivity contribution in [2.24, 2.45) is 5.92 Å². The second kappa shape index (κ2) is 6.92. The van der Waals surface area contributed by atoms with Crippen LogP contribution in [-0.2, 0) is 32.5 Å². The smallest absolute Gasteiger partial charge is 0.325 e. The number of hydrogen-bond donors (Lipinski definition) is 1. The number of rotatable bonds is 6. The minimum Gasteiger partial charge on any atom is -0.325 e. The summed E-state index contributed by atoms with van der Waals surface area (Å²) in [6.45, 7) is 2.97. The number of hydrogen-bond acceptors (Lipinski definition) is 4. The van der Waals surface area contributed by atoms with Gasteiger partial charge in [0.1, 0.15) is 24.0 Å². The van der Waals surface area contributed by atoms with Crippen molar-refractivity contribution in [3.05, 3.63) is 29.9 Å². The fraction of sp³-hybridized carbons (Fsp3) is 0.667. The summed E-state index contributed by atoms with van der Waals surface area (Å²) in [5.41, 5.74) is 0. The number of aromatic nitrogens is 5. The average Bonchev–Trinajstić information content (AvgIpc) is 3.12. The first-order valence-corrected chi connectivity index (χ1v) is 8.14. The van der Waals surface area contributed by atoms with Crippen LogP contribution < -0.4 is 5.32 Å². The number of imidazole rings is 1. The van der Waals surface area contributed by atoms with Crippen LogP contribution in [0.15, 0.2) is 12.4 Å². The Labute approximate surface area is 138 Å². The zero-order chi connectivity index (χ0) is 17.2. The average molecular weight is 342 g/mol. The summed E-state index contributed by atoms with van der Waals surface area (Å²) in [5, 5.41) is 11.6. The minimum absolute atomic E-state index is 0.329. The summed E-state index contributed by atoms with van der Waals surface area (Å²) in [6, 6.07) is 0. The third-order valence-corrected chi connectivity index (χ3v) is 4.30. The number of alkyl halides is 3. The zero-order valence-electron chi connectivity index (χ0n) is 13.6. The van der Waals surface area contributed by atoms with Crippen molar-refractivity contribution in [1.82, 2.24) is 29.6 Å². The van der Waals surface area contributed by atoms with Crippen molar-refractivity contribution in [2.75, 3.05) is 6.54 Å². The van der Waals surface area contributed by atoms with E-state index in [9.17, 15) is 13.2 Å². The molecule has 1 N–H and O–H groups in total. The Balaban J connectivity index is 1.52. The first-order chi connectivity index (χ1) is 11.5. The summed E-state index contributed by atoms with van der Waals surface area (Å²) in [6.07, 6.45) is 1.28. The summed E-state index contributed by atoms with van der Waals surface area (Å²) in [5.74, 6) is 2.85. The third kappa shape index (κ3) is 3.95. The molecule has 1 aliphatic rings. The molecular formula is C15H21F3N6. The highest BCUT2D eigenvalue weighted by Gasteiger charge is 2.29. The fourth-order valence-corrected chi connectivity index (χ4v) is 3.11. The van der Waals surface area contributed by atoms with Gasteiger partial charge < -0.3 is 14.5 Å². The Bertz CT molecular complexity index is 662. The van der Waals surface area contributed by atoms with Crippen LogP contribution in [0.2, 0.25) is 0 Å². The quantitative estimate of drug-likeness (QED) is 0.872. The lowest BCUT2D eigenvalue weighted by Gasteiger charge is -2.24. The Hall–Kier alpha value is -1.90. The second-order valence-electron chi connectivity index (χ2n) is 6.12. The molecule has 0 radical (unpaired) electrons. The molecule has 0 saturated carbocycles. The number of fused-ring (bicyclic) bond motifs is 1. The van der Waals surface area contributed by atoms with E-state index in [1.54, 1.807) is 0 Å². The zero-order valence-corrected chi connectivity index (χ0v) is 13.6. The Morgan fingerprint density at radius 2 is 2.12 bits per heavy atom. The van der Waals surface area contributed by atoms with Crippen molar-refractivity contribution in [3.8, 4) is 0 Å². The molecule has 2 aromatic rings. The van der Waals surface area contributed by atoms with Crippen LogP contribution in [0, 0.1) is 5.92 Å². The summed E-state index contributed by atoms with van der Waals surface area (Å²) in [7, 11) is 0. The summed E-state index contributed by atoms with van der Waals surface area (Å²) < 4.78 is 40.8. The van der Waals surface area contributed by atoms with E-state index in [0.717, 1.165) is 48.6 Å². The van der Waals surface area contributed by atoms with E-state index < -0.39 is 12.7 Å². The molecule has 0 spiro atoms. The lowest BCUT2D eigenvalue weighted by atomic mass is 9.99. The molecule has 9 heteroatoms. The highest BCUT2D eigenvalue weighted by atomic mass is 19.4. The van der Waals surface area contributed by atoms with E-state index in [2.05, 4.69) is 32.0 Å². The molecule has 0 aliphatic carbocycles. The van der Waals surface area contributed by atoms with Crippen LogP contribution in [0.25, 0.3) is 0 Å². The third-order valence-electron chi connectivity index (χ3n) is 4.30. The standard InChI is InChI=1S/C15H21F3N6/c1-2-12-21-22-13-4-3-11(9-24(12)13)7-19-8-14-20-5-6-23(14)10-15(16,17)18/h5-6,11,19H,2-4,7-10H2,1H3. The van der Waals surface area contributed by atoms with Crippen molar-refractivity contribution in [3.63, 3.8) is 0 Å². The lowest BCUT2D eigenvalue weighted by molar-refractivity contribution is -0.141. The van der Waals surface area contributed by atoms with Gasteiger partial charge in [-0.1, -0.05) is 6.92 Å². The number of nitrogens with one attached hydrogen (secondary N) is 1. The summed E-state index contributed by atoms with van der Waals surface area (Å²) >= 11 is 0. The van der Waals surface area contributed by atoms with Gasteiger partial charge in [-0.25, -0.2) is 4.98 Å². The second-order valence-corrected chi connectivity index (χ2v) is 6.12. The van der Waals surface area contributed by atoms with E-state index in [1.807, 2.05) is 0 Å². The predicted molar refractivity (Wildman–Crippen MR) is 81.2 cm³/mol. The van der Waals surface area contributed by atoms with Crippen LogP contribution in [0.3, 0.4) is 0 Å². The van der Waals surface area contributed by atoms with Crippen LogP contribution in [0.5, 0.6) is 0 Å². The Morgan fingerprint density at radius 1 is 1.29 bits per heavy atom. The molecule has 0 amide bonds. The van der Waals surface area contributed by atoms with Gasteiger partial charge in [-0.15, -0.1) is 10.2 Å². The highest BCUT2D eigenvalue weighted by Crippen LogP contribution is 2.20. The maximum Gasteiger partial charge on any atom is 0.406 e. The minimum atomic E-state index is -4.24. The van der Waals surface area contributed by atoms with E-state index in [0.29, 0.717) is 18.3 Å². The molecule has 0 saturated heterocycles. The van der Waals surface area contributed by atoms with Gasteiger partial charge in [-0.3, -0.25) is 0 Å². The van der Waals surface area contributed by atoms with Gasteiger partial charge in [0, 0.05) is 38.3 Å². The Morgan fingerprint density at radius 3 is 2.88 bits per heavy atom. The molecule has 2 aromatic heterocycles. The molecule has 3 rings (SSSR count). The number of aryl methyl sites for hydroxylation is 2. The highest BCUT2D eigenvalue weighted by molar-refractivity contribution is 5.00. The molecular weight excluding hydrogens is 321 g/mol. The molecule has 1 aliphatic heterocycles. The van der Waals surface area contributed by atoms with Crippen LogP contribution >= 0.6 is 0 Å². The van der Waals surface area contributed by atoms with Crippen molar-refractivity contribution >= 4 is 0 Å². The normalized spacial score (nSPS) is 17.9. The van der Waals surface area contributed by atoms with E-state index in [4.69, 9.17) is 0 Å². The first-order valence-electron chi connectivity index (χ1n) is 8.14. The molecule has 1 unspecified atom stereocenters. The van der Waals surface area contributed by atoms with E-state index in [-0.39, 0.29) is 0 Å². The SMILES string of the molecule is CCc1nnc2n1CC(CNCc1nccn1CC(F)(F)F)CC2. The largest absolute Gasteiger partial charge is 0.406 e. The lowest BCUT2D eigenvalue weighted by Crippen LogP contribution is -2.31. The molecule has 132 valence electrons. The molecule has 0 fully saturated rings. The molecule has 0 bridgehead atoms. The Kier molecular flexibility index (Phi) is 4.88. The molecule has 3 heterocycles. The van der Waals surface area contributed by atoms with Gasteiger partial charge in [-0.05, 0) is 12.3 Å². The van der Waals surface area contributed by atoms with Crippen molar-refractivity contribution in [2.45, 2.75) is 52.0 Å². The van der Waals surface area contributed by atoms with E-state index >= 15 is 0 Å². The maximum atomic E-state index is 12.5. The van der Waals surface area contributed by atoms with Crippen LogP contribution in [-0.4, -0.2) is 37.0 Å². The molecule has 24 heavy (non-hydrogen) atoms. The monoisotopic (exact) mass is 342 g/mol. The maximum absolute atomic E-state index is 12.5.